The summed E-state index contributed by atoms with van der Waals surface area (Å²) in [7, 11) is -3.41. The van der Waals surface area contributed by atoms with Crippen molar-refractivity contribution >= 4 is 41.9 Å². The van der Waals surface area contributed by atoms with Crippen LogP contribution >= 0.6 is 31.9 Å². The molecule has 1 aliphatic heterocycles. The van der Waals surface area contributed by atoms with Crippen molar-refractivity contribution in [2.45, 2.75) is 11.3 Å². The van der Waals surface area contributed by atoms with Crippen LogP contribution in [0.25, 0.3) is 0 Å². The summed E-state index contributed by atoms with van der Waals surface area (Å²) in [5.41, 5.74) is 0. The fourth-order valence-corrected chi connectivity index (χ4v) is 5.07. The van der Waals surface area contributed by atoms with Crippen LogP contribution in [0.3, 0.4) is 0 Å². The second kappa shape index (κ2) is 6.00. The fraction of sp³-hybridized carbons (Fsp3) is 0.455. The number of benzene rings is 1. The topological polar surface area (TPSA) is 49.4 Å². The Morgan fingerprint density at radius 3 is 2.67 bits per heavy atom. The van der Waals surface area contributed by atoms with Crippen molar-refractivity contribution in [3.8, 4) is 0 Å². The summed E-state index contributed by atoms with van der Waals surface area (Å²) in [6.45, 7) is 2.66. The average Bonchev–Trinajstić information content (AvgIpc) is 2.57. The summed E-state index contributed by atoms with van der Waals surface area (Å²) < 4.78 is 28.0. The maximum Gasteiger partial charge on any atom is 0.244 e. The van der Waals surface area contributed by atoms with Gasteiger partial charge in [0.25, 0.3) is 0 Å². The van der Waals surface area contributed by atoms with E-state index < -0.39 is 10.0 Å². The van der Waals surface area contributed by atoms with Gasteiger partial charge in [0, 0.05) is 28.6 Å². The minimum absolute atomic E-state index is 0.326. The van der Waals surface area contributed by atoms with E-state index in [1.807, 2.05) is 0 Å². The minimum atomic E-state index is -3.41. The summed E-state index contributed by atoms with van der Waals surface area (Å²) in [4.78, 5) is 0.326. The molecule has 4 nitrogen and oxygen atoms in total. The monoisotopic (exact) mass is 396 g/mol. The molecule has 1 aromatic rings. The van der Waals surface area contributed by atoms with E-state index in [0.29, 0.717) is 29.0 Å². The highest BCUT2D eigenvalue weighted by molar-refractivity contribution is 9.11. The van der Waals surface area contributed by atoms with Crippen molar-refractivity contribution in [1.29, 1.82) is 0 Å². The summed E-state index contributed by atoms with van der Waals surface area (Å²) >= 11 is 6.64. The molecule has 7 heteroatoms. The third-order valence-corrected chi connectivity index (χ3v) is 6.18. The molecule has 0 saturated carbocycles. The molecule has 1 saturated heterocycles. The minimum Gasteiger partial charge on any atom is -0.315 e. The lowest BCUT2D eigenvalue weighted by atomic mass is 10.4. The Morgan fingerprint density at radius 2 is 1.94 bits per heavy atom. The first-order valence-electron chi connectivity index (χ1n) is 5.68. The molecule has 0 amide bonds. The number of halogens is 2. The average molecular weight is 398 g/mol. The molecule has 2 rings (SSSR count). The Hall–Kier alpha value is 0.0500. The second-order valence-electron chi connectivity index (χ2n) is 4.08. The number of nitrogens with zero attached hydrogens (tertiary/aromatic N) is 1. The van der Waals surface area contributed by atoms with Crippen LogP contribution in [0.15, 0.2) is 32.0 Å². The molecule has 1 aliphatic rings. The van der Waals surface area contributed by atoms with E-state index >= 15 is 0 Å². The van der Waals surface area contributed by atoms with Gasteiger partial charge in [-0.2, -0.15) is 4.31 Å². The van der Waals surface area contributed by atoms with E-state index in [0.717, 1.165) is 17.4 Å². The van der Waals surface area contributed by atoms with Crippen molar-refractivity contribution in [2.24, 2.45) is 0 Å². The highest BCUT2D eigenvalue weighted by atomic mass is 79.9. The maximum absolute atomic E-state index is 12.5. The normalized spacial score (nSPS) is 18.6. The Bertz CT molecular complexity index is 526. The van der Waals surface area contributed by atoms with Crippen LogP contribution < -0.4 is 5.32 Å². The molecule has 0 aromatic heterocycles. The third kappa shape index (κ3) is 3.14. The van der Waals surface area contributed by atoms with Gasteiger partial charge in [0.1, 0.15) is 0 Å². The first-order chi connectivity index (χ1) is 8.51. The standard InChI is InChI=1S/C11H14Br2N2O2S/c12-9-2-3-11(10(13)8-9)18(16,17)15-6-1-4-14-5-7-15/h2-3,8,14H,1,4-7H2. The first kappa shape index (κ1) is 14.5. The largest absolute Gasteiger partial charge is 0.315 e. The van der Waals surface area contributed by atoms with Crippen molar-refractivity contribution in [2.75, 3.05) is 26.2 Å². The molecule has 0 bridgehead atoms. The molecule has 1 N–H and O–H groups in total. The molecule has 18 heavy (non-hydrogen) atoms. The quantitative estimate of drug-likeness (QED) is 0.832. The van der Waals surface area contributed by atoms with Gasteiger partial charge in [-0.15, -0.1) is 0 Å². The predicted molar refractivity (Wildman–Crippen MR) is 78.1 cm³/mol. The molecule has 0 spiro atoms. The fourth-order valence-electron chi connectivity index (χ4n) is 1.88. The van der Waals surface area contributed by atoms with Crippen LogP contribution in [0, 0.1) is 0 Å². The second-order valence-corrected chi connectivity index (χ2v) is 7.76. The van der Waals surface area contributed by atoms with Gasteiger partial charge in [0.2, 0.25) is 10.0 Å². The van der Waals surface area contributed by atoms with Crippen LogP contribution in [0.4, 0.5) is 0 Å². The van der Waals surface area contributed by atoms with Gasteiger partial charge in [0.05, 0.1) is 4.90 Å². The van der Waals surface area contributed by atoms with Crippen molar-refractivity contribution in [1.82, 2.24) is 9.62 Å². The van der Waals surface area contributed by atoms with Gasteiger partial charge in [-0.05, 0) is 47.1 Å². The van der Waals surface area contributed by atoms with E-state index in [1.54, 1.807) is 22.5 Å². The van der Waals surface area contributed by atoms with Gasteiger partial charge in [0.15, 0.2) is 0 Å². The summed E-state index contributed by atoms with van der Waals surface area (Å²) in [6.07, 6.45) is 0.841. The summed E-state index contributed by atoms with van der Waals surface area (Å²) in [5, 5.41) is 3.20. The number of nitrogens with one attached hydrogen (secondary N) is 1. The Morgan fingerprint density at radius 1 is 1.17 bits per heavy atom. The maximum atomic E-state index is 12.5. The van der Waals surface area contributed by atoms with E-state index in [-0.39, 0.29) is 0 Å². The predicted octanol–water partition coefficient (Wildman–Crippen LogP) is 2.20. The lowest BCUT2D eigenvalue weighted by molar-refractivity contribution is 0.431. The first-order valence-corrected chi connectivity index (χ1v) is 8.70. The summed E-state index contributed by atoms with van der Waals surface area (Å²) in [5.74, 6) is 0. The molecule has 0 atom stereocenters. The molecular formula is C11H14Br2N2O2S. The zero-order chi connectivity index (χ0) is 13.2. The number of hydrogen-bond donors (Lipinski definition) is 1. The molecule has 1 aromatic carbocycles. The lowest BCUT2D eigenvalue weighted by Crippen LogP contribution is -2.34. The molecule has 0 radical (unpaired) electrons. The number of rotatable bonds is 2. The van der Waals surface area contributed by atoms with Gasteiger partial charge in [-0.3, -0.25) is 0 Å². The van der Waals surface area contributed by atoms with Gasteiger partial charge in [-0.25, -0.2) is 8.42 Å². The number of sulfonamides is 1. The Balaban J connectivity index is 2.34. The molecular weight excluding hydrogens is 384 g/mol. The van der Waals surface area contributed by atoms with Gasteiger partial charge < -0.3 is 5.32 Å². The Labute approximate surface area is 124 Å². The van der Waals surface area contributed by atoms with Crippen molar-refractivity contribution in [3.63, 3.8) is 0 Å². The zero-order valence-corrected chi connectivity index (χ0v) is 13.7. The van der Waals surface area contributed by atoms with Crippen molar-refractivity contribution < 1.29 is 8.42 Å². The van der Waals surface area contributed by atoms with Crippen molar-refractivity contribution in [3.05, 3.63) is 27.1 Å². The molecule has 100 valence electrons. The van der Waals surface area contributed by atoms with Crippen LogP contribution in [0.5, 0.6) is 0 Å². The SMILES string of the molecule is O=S(=O)(c1ccc(Br)cc1Br)N1CCCNCC1. The van der Waals surface area contributed by atoms with Crippen LogP contribution in [0.2, 0.25) is 0 Å². The van der Waals surface area contributed by atoms with Crippen LogP contribution in [0.1, 0.15) is 6.42 Å². The lowest BCUT2D eigenvalue weighted by Gasteiger charge is -2.20. The molecule has 1 fully saturated rings. The molecule has 0 unspecified atom stereocenters. The highest BCUT2D eigenvalue weighted by Gasteiger charge is 2.26. The molecule has 1 heterocycles. The third-order valence-electron chi connectivity index (χ3n) is 2.81. The zero-order valence-electron chi connectivity index (χ0n) is 9.70. The summed E-state index contributed by atoms with van der Waals surface area (Å²) in [6, 6.07) is 5.12. The van der Waals surface area contributed by atoms with E-state index in [4.69, 9.17) is 0 Å². The molecule has 0 aliphatic carbocycles. The van der Waals surface area contributed by atoms with Gasteiger partial charge >= 0.3 is 0 Å². The van der Waals surface area contributed by atoms with Crippen LogP contribution in [-0.2, 0) is 10.0 Å². The van der Waals surface area contributed by atoms with E-state index in [9.17, 15) is 8.42 Å². The number of hydrogen-bond acceptors (Lipinski definition) is 3. The smallest absolute Gasteiger partial charge is 0.244 e. The van der Waals surface area contributed by atoms with E-state index in [1.165, 1.54) is 0 Å². The van der Waals surface area contributed by atoms with Crippen LogP contribution in [-0.4, -0.2) is 38.9 Å². The highest BCUT2D eigenvalue weighted by Crippen LogP contribution is 2.28. The van der Waals surface area contributed by atoms with Gasteiger partial charge in [-0.1, -0.05) is 15.9 Å². The Kier molecular flexibility index (Phi) is 4.82. The van der Waals surface area contributed by atoms with E-state index in [2.05, 4.69) is 37.2 Å².